The number of fused-ring (bicyclic) bond motifs is 3. The molecule has 0 bridgehead atoms. The number of hydrogen-bond donors (Lipinski definition) is 0. The van der Waals surface area contributed by atoms with Gasteiger partial charge < -0.3 is 0 Å². The molecule has 0 saturated carbocycles. The van der Waals surface area contributed by atoms with Crippen molar-refractivity contribution in [3.63, 3.8) is 0 Å². The van der Waals surface area contributed by atoms with Crippen molar-refractivity contribution in [3.05, 3.63) is 58.7 Å². The van der Waals surface area contributed by atoms with Crippen molar-refractivity contribution in [2.24, 2.45) is 11.8 Å². The average molecular weight is 577 g/mol. The van der Waals surface area contributed by atoms with Gasteiger partial charge >= 0.3 is 0 Å². The van der Waals surface area contributed by atoms with Gasteiger partial charge in [0, 0.05) is 16.1 Å². The van der Waals surface area contributed by atoms with E-state index in [0.29, 0.717) is 0 Å². The lowest BCUT2D eigenvalue weighted by atomic mass is 9.65. The monoisotopic (exact) mass is 574 g/mol. The molecule has 0 amide bonds. The summed E-state index contributed by atoms with van der Waals surface area (Å²) in [6, 6.07) is 14.6. The van der Waals surface area contributed by atoms with Crippen molar-refractivity contribution < 1.29 is 0 Å². The van der Waals surface area contributed by atoms with Crippen molar-refractivity contribution in [3.8, 4) is 11.1 Å². The van der Waals surface area contributed by atoms with E-state index in [9.17, 15) is 0 Å². The molecule has 2 heteroatoms. The Morgan fingerprint density at radius 2 is 1.09 bits per heavy atom. The minimum Gasteiger partial charge on any atom is -0.0876 e. The maximum atomic E-state index is 3.75. The maximum Gasteiger partial charge on any atom is 0.0283 e. The first-order chi connectivity index (χ1) is 16.1. The SMILES string of the molecule is CCCCC(CC)CC1(CC(CC)CCCC)c2cc(CBr)ccc2-c2ccc(CBr)cc21. The molecule has 182 valence electrons. The third kappa shape index (κ3) is 5.97. The summed E-state index contributed by atoms with van der Waals surface area (Å²) in [5.74, 6) is 1.57. The van der Waals surface area contributed by atoms with Crippen LogP contribution >= 0.6 is 31.9 Å². The molecule has 3 rings (SSSR count). The molecule has 2 atom stereocenters. The summed E-state index contributed by atoms with van der Waals surface area (Å²) in [5, 5.41) is 1.86. The van der Waals surface area contributed by atoms with E-state index in [1.165, 1.54) is 86.5 Å². The Bertz CT molecular complexity index is 811. The summed E-state index contributed by atoms with van der Waals surface area (Å²) < 4.78 is 0. The maximum absolute atomic E-state index is 3.75. The molecule has 0 saturated heterocycles. The number of alkyl halides is 2. The van der Waals surface area contributed by atoms with E-state index in [2.05, 4.69) is 96.0 Å². The van der Waals surface area contributed by atoms with E-state index in [1.807, 2.05) is 0 Å². The number of rotatable bonds is 14. The quantitative estimate of drug-likeness (QED) is 0.196. The zero-order valence-corrected chi connectivity index (χ0v) is 24.5. The van der Waals surface area contributed by atoms with Crippen LogP contribution in [0.4, 0.5) is 0 Å². The molecular weight excluding hydrogens is 532 g/mol. The minimum atomic E-state index is 0.143. The second-order valence-corrected chi connectivity index (χ2v) is 11.5. The third-order valence-corrected chi connectivity index (χ3v) is 9.45. The number of hydrogen-bond acceptors (Lipinski definition) is 0. The van der Waals surface area contributed by atoms with Crippen LogP contribution in [0, 0.1) is 11.8 Å². The van der Waals surface area contributed by atoms with Crippen LogP contribution in [0.15, 0.2) is 36.4 Å². The molecule has 2 aromatic carbocycles. The molecule has 0 radical (unpaired) electrons. The van der Waals surface area contributed by atoms with Gasteiger partial charge in [-0.2, -0.15) is 0 Å². The van der Waals surface area contributed by atoms with Crippen LogP contribution in [0.1, 0.15) is 114 Å². The van der Waals surface area contributed by atoms with Crippen molar-refractivity contribution in [1.29, 1.82) is 0 Å². The van der Waals surface area contributed by atoms with E-state index in [-0.39, 0.29) is 5.41 Å². The molecular formula is C31H44Br2. The first-order valence-corrected chi connectivity index (χ1v) is 15.7. The Balaban J connectivity index is 2.20. The van der Waals surface area contributed by atoms with E-state index in [4.69, 9.17) is 0 Å². The number of benzene rings is 2. The number of halogens is 2. The Labute approximate surface area is 220 Å². The third-order valence-electron chi connectivity index (χ3n) is 8.16. The summed E-state index contributed by atoms with van der Waals surface area (Å²) >= 11 is 7.51. The van der Waals surface area contributed by atoms with Gasteiger partial charge in [0.2, 0.25) is 0 Å². The average Bonchev–Trinajstić information content (AvgIpc) is 3.12. The molecule has 33 heavy (non-hydrogen) atoms. The van der Waals surface area contributed by atoms with Gasteiger partial charge in [0.1, 0.15) is 0 Å². The molecule has 0 heterocycles. The Morgan fingerprint density at radius 1 is 0.667 bits per heavy atom. The summed E-state index contributed by atoms with van der Waals surface area (Å²) in [4.78, 5) is 0. The predicted octanol–water partition coefficient (Wildman–Crippen LogP) is 11.0. The molecule has 0 aromatic heterocycles. The molecule has 0 nitrogen and oxygen atoms in total. The van der Waals surface area contributed by atoms with Crippen molar-refractivity contribution >= 4 is 31.9 Å². The van der Waals surface area contributed by atoms with Crippen molar-refractivity contribution in [2.75, 3.05) is 0 Å². The fourth-order valence-corrected chi connectivity index (χ4v) is 6.85. The highest BCUT2D eigenvalue weighted by Gasteiger charge is 2.45. The van der Waals surface area contributed by atoms with E-state index >= 15 is 0 Å². The molecule has 1 aliphatic carbocycles. The van der Waals surface area contributed by atoms with Gasteiger partial charge in [-0.1, -0.05) is 147 Å². The van der Waals surface area contributed by atoms with Crippen LogP contribution in [0.5, 0.6) is 0 Å². The standard InChI is InChI=1S/C31H44Br2/c1-5-9-11-23(7-3)19-31(20-24(8-4)12-10-6-2)29-17-25(21-32)13-15-27(29)28-16-14-26(22-33)18-30(28)31/h13-18,23-24H,5-12,19-22H2,1-4H3. The van der Waals surface area contributed by atoms with Gasteiger partial charge in [-0.05, 0) is 58.1 Å². The van der Waals surface area contributed by atoms with Crippen LogP contribution < -0.4 is 0 Å². The van der Waals surface area contributed by atoms with Gasteiger partial charge in [0.15, 0.2) is 0 Å². The summed E-state index contributed by atoms with van der Waals surface area (Å²) in [5.41, 5.74) is 9.18. The predicted molar refractivity (Wildman–Crippen MR) is 154 cm³/mol. The molecule has 2 aromatic rings. The summed E-state index contributed by atoms with van der Waals surface area (Å²) in [6.07, 6.45) is 13.2. The van der Waals surface area contributed by atoms with Gasteiger partial charge in [-0.3, -0.25) is 0 Å². The molecule has 0 spiro atoms. The van der Waals surface area contributed by atoms with Crippen molar-refractivity contribution in [1.82, 2.24) is 0 Å². The fourth-order valence-electron chi connectivity index (χ4n) is 6.15. The normalized spacial score (nSPS) is 15.8. The van der Waals surface area contributed by atoms with Gasteiger partial charge in [-0.25, -0.2) is 0 Å². The van der Waals surface area contributed by atoms with Gasteiger partial charge in [0.05, 0.1) is 0 Å². The second kappa shape index (κ2) is 12.9. The molecule has 1 aliphatic rings. The van der Waals surface area contributed by atoms with E-state index in [0.717, 1.165) is 22.5 Å². The summed E-state index contributed by atoms with van der Waals surface area (Å²) in [7, 11) is 0. The molecule has 0 fully saturated rings. The van der Waals surface area contributed by atoms with Gasteiger partial charge in [0.25, 0.3) is 0 Å². The lowest BCUT2D eigenvalue weighted by molar-refractivity contribution is 0.266. The van der Waals surface area contributed by atoms with E-state index < -0.39 is 0 Å². The molecule has 2 unspecified atom stereocenters. The zero-order chi connectivity index (χ0) is 23.8. The number of unbranched alkanes of at least 4 members (excludes halogenated alkanes) is 2. The highest BCUT2D eigenvalue weighted by molar-refractivity contribution is 9.08. The molecule has 0 aliphatic heterocycles. The second-order valence-electron chi connectivity index (χ2n) is 10.4. The zero-order valence-electron chi connectivity index (χ0n) is 21.4. The Kier molecular flexibility index (Phi) is 10.6. The smallest absolute Gasteiger partial charge is 0.0283 e. The topological polar surface area (TPSA) is 0 Å². The fraction of sp³-hybridized carbons (Fsp3) is 0.613. The van der Waals surface area contributed by atoms with Crippen LogP contribution in [0.2, 0.25) is 0 Å². The lowest BCUT2D eigenvalue weighted by Crippen LogP contribution is -2.31. The van der Waals surface area contributed by atoms with Gasteiger partial charge in [-0.15, -0.1) is 0 Å². The lowest BCUT2D eigenvalue weighted by Gasteiger charge is -2.39. The highest BCUT2D eigenvalue weighted by Crippen LogP contribution is 2.56. The van der Waals surface area contributed by atoms with E-state index in [1.54, 1.807) is 11.1 Å². The Hall–Kier alpha value is -0.600. The largest absolute Gasteiger partial charge is 0.0876 e. The first-order valence-electron chi connectivity index (χ1n) is 13.5. The Morgan fingerprint density at radius 3 is 1.42 bits per heavy atom. The first kappa shape index (κ1) is 27.0. The van der Waals surface area contributed by atoms with Crippen LogP contribution in [0.3, 0.4) is 0 Å². The van der Waals surface area contributed by atoms with Crippen LogP contribution in [-0.2, 0) is 16.1 Å². The molecule has 0 N–H and O–H groups in total. The van der Waals surface area contributed by atoms with Crippen LogP contribution in [0.25, 0.3) is 11.1 Å². The van der Waals surface area contributed by atoms with Crippen LogP contribution in [-0.4, -0.2) is 0 Å². The highest BCUT2D eigenvalue weighted by atomic mass is 79.9. The minimum absolute atomic E-state index is 0.143. The van der Waals surface area contributed by atoms with Crippen molar-refractivity contribution in [2.45, 2.75) is 108 Å². The summed E-state index contributed by atoms with van der Waals surface area (Å²) in [6.45, 7) is 9.52.